The Hall–Kier alpha value is -0.650. The molecule has 0 aliphatic heterocycles. The first kappa shape index (κ1) is 14.3. The number of hydrogen-bond acceptors (Lipinski definition) is 4. The number of ether oxygens (including phenoxy) is 1. The van der Waals surface area contributed by atoms with Gasteiger partial charge in [0.1, 0.15) is 5.60 Å². The molecule has 1 amide bonds. The summed E-state index contributed by atoms with van der Waals surface area (Å²) < 4.78 is 5.13. The van der Waals surface area contributed by atoms with Gasteiger partial charge in [-0.05, 0) is 20.3 Å². The van der Waals surface area contributed by atoms with Crippen LogP contribution in [0.5, 0.6) is 0 Å². The summed E-state index contributed by atoms with van der Waals surface area (Å²) in [5.74, 6) is -0.205. The van der Waals surface area contributed by atoms with Crippen LogP contribution < -0.4 is 11.1 Å². The van der Waals surface area contributed by atoms with Crippen LogP contribution in [0.2, 0.25) is 0 Å². The summed E-state index contributed by atoms with van der Waals surface area (Å²) in [6.45, 7) is 5.43. The van der Waals surface area contributed by atoms with E-state index in [0.717, 1.165) is 0 Å². The first-order valence-electron chi connectivity index (χ1n) is 5.14. The molecule has 0 fully saturated rings. The van der Waals surface area contributed by atoms with Gasteiger partial charge in [-0.25, -0.2) is 0 Å². The van der Waals surface area contributed by atoms with Crippen molar-refractivity contribution in [2.45, 2.75) is 44.9 Å². The number of carbonyl (C=O) groups is 1. The average molecular weight is 218 g/mol. The Morgan fingerprint density at radius 2 is 2.20 bits per heavy atom. The molecule has 0 aromatic heterocycles. The van der Waals surface area contributed by atoms with E-state index >= 15 is 0 Å². The van der Waals surface area contributed by atoms with Gasteiger partial charge < -0.3 is 20.9 Å². The van der Waals surface area contributed by atoms with E-state index in [0.29, 0.717) is 6.42 Å². The molecule has 5 nitrogen and oxygen atoms in total. The maximum atomic E-state index is 11.7. The zero-order chi connectivity index (χ0) is 12.1. The van der Waals surface area contributed by atoms with Crippen molar-refractivity contribution in [1.29, 1.82) is 0 Å². The molecule has 0 spiro atoms. The molecule has 0 aliphatic rings. The van der Waals surface area contributed by atoms with Gasteiger partial charge in [0, 0.05) is 19.7 Å². The molecular formula is C10H22N2O3. The van der Waals surface area contributed by atoms with Crippen molar-refractivity contribution in [3.05, 3.63) is 0 Å². The smallest absolute Gasteiger partial charge is 0.251 e. The van der Waals surface area contributed by atoms with Gasteiger partial charge in [-0.15, -0.1) is 0 Å². The minimum atomic E-state index is -0.821. The SMILES string of the molecule is CCC(C)(OC)C(=O)NCC(N)C(C)O. The van der Waals surface area contributed by atoms with E-state index in [-0.39, 0.29) is 12.5 Å². The van der Waals surface area contributed by atoms with Crippen molar-refractivity contribution in [2.75, 3.05) is 13.7 Å². The van der Waals surface area contributed by atoms with Gasteiger partial charge in [-0.1, -0.05) is 6.92 Å². The lowest BCUT2D eigenvalue weighted by molar-refractivity contribution is -0.141. The summed E-state index contributed by atoms with van der Waals surface area (Å²) in [5.41, 5.74) is 4.76. The molecule has 0 saturated heterocycles. The Bertz CT molecular complexity index is 203. The number of nitrogens with one attached hydrogen (secondary N) is 1. The van der Waals surface area contributed by atoms with Gasteiger partial charge in [-0.3, -0.25) is 4.79 Å². The lowest BCUT2D eigenvalue weighted by Gasteiger charge is -2.26. The highest BCUT2D eigenvalue weighted by atomic mass is 16.5. The fourth-order valence-electron chi connectivity index (χ4n) is 0.966. The van der Waals surface area contributed by atoms with E-state index in [4.69, 9.17) is 15.6 Å². The third-order valence-electron chi connectivity index (χ3n) is 2.72. The first-order chi connectivity index (χ1) is 6.87. The molecule has 0 rings (SSSR count). The van der Waals surface area contributed by atoms with Crippen molar-refractivity contribution >= 4 is 5.91 Å². The quantitative estimate of drug-likeness (QED) is 0.567. The van der Waals surface area contributed by atoms with Crippen LogP contribution in [-0.2, 0) is 9.53 Å². The standard InChI is InChI=1S/C10H22N2O3/c1-5-10(3,15-4)9(14)12-6-8(11)7(2)13/h7-8,13H,5-6,11H2,1-4H3,(H,12,14). The fraction of sp³-hybridized carbons (Fsp3) is 0.900. The van der Waals surface area contributed by atoms with E-state index in [9.17, 15) is 4.79 Å². The van der Waals surface area contributed by atoms with Gasteiger partial charge in [0.05, 0.1) is 6.10 Å². The molecule has 4 N–H and O–H groups in total. The van der Waals surface area contributed by atoms with Gasteiger partial charge >= 0.3 is 0 Å². The summed E-state index contributed by atoms with van der Waals surface area (Å²) in [6, 6.07) is -0.452. The molecule has 0 radical (unpaired) electrons. The van der Waals surface area contributed by atoms with Crippen LogP contribution in [0, 0.1) is 0 Å². The molecular weight excluding hydrogens is 196 g/mol. The molecule has 0 bridgehead atoms. The molecule has 5 heteroatoms. The number of rotatable bonds is 6. The Balaban J connectivity index is 4.14. The third-order valence-corrected chi connectivity index (χ3v) is 2.72. The van der Waals surface area contributed by atoms with Gasteiger partial charge in [-0.2, -0.15) is 0 Å². The van der Waals surface area contributed by atoms with Crippen LogP contribution in [0.25, 0.3) is 0 Å². The summed E-state index contributed by atoms with van der Waals surface area (Å²) in [4.78, 5) is 11.7. The Morgan fingerprint density at radius 1 is 1.67 bits per heavy atom. The minimum absolute atomic E-state index is 0.205. The van der Waals surface area contributed by atoms with Crippen molar-refractivity contribution in [3.8, 4) is 0 Å². The van der Waals surface area contributed by atoms with Crippen LogP contribution in [0.1, 0.15) is 27.2 Å². The van der Waals surface area contributed by atoms with Crippen molar-refractivity contribution in [3.63, 3.8) is 0 Å². The minimum Gasteiger partial charge on any atom is -0.392 e. The van der Waals surface area contributed by atoms with E-state index in [2.05, 4.69) is 5.32 Å². The second-order valence-electron chi connectivity index (χ2n) is 3.90. The normalized spacial score (nSPS) is 19.1. The van der Waals surface area contributed by atoms with E-state index in [1.165, 1.54) is 7.11 Å². The van der Waals surface area contributed by atoms with Crippen LogP contribution in [0.3, 0.4) is 0 Å². The van der Waals surface area contributed by atoms with E-state index < -0.39 is 17.7 Å². The second kappa shape index (κ2) is 6.05. The number of amides is 1. The van der Waals surface area contributed by atoms with Gasteiger partial charge in [0.15, 0.2) is 0 Å². The first-order valence-corrected chi connectivity index (χ1v) is 5.14. The molecule has 3 atom stereocenters. The molecule has 0 heterocycles. The summed E-state index contributed by atoms with van der Waals surface area (Å²) in [5, 5.41) is 11.8. The van der Waals surface area contributed by atoms with Crippen molar-refractivity contribution in [2.24, 2.45) is 5.73 Å². The van der Waals surface area contributed by atoms with E-state index in [1.54, 1.807) is 13.8 Å². The predicted molar refractivity (Wildman–Crippen MR) is 58.4 cm³/mol. The number of aliphatic hydroxyl groups excluding tert-OH is 1. The van der Waals surface area contributed by atoms with Crippen molar-refractivity contribution < 1.29 is 14.6 Å². The highest BCUT2D eigenvalue weighted by Crippen LogP contribution is 2.13. The summed E-state index contributed by atoms with van der Waals surface area (Å²) in [6.07, 6.45) is -0.0556. The van der Waals surface area contributed by atoms with Gasteiger partial charge in [0.2, 0.25) is 0 Å². The number of hydrogen-bond donors (Lipinski definition) is 3. The van der Waals surface area contributed by atoms with Crippen LogP contribution >= 0.6 is 0 Å². The Labute approximate surface area is 91.0 Å². The molecule has 0 aliphatic carbocycles. The Kier molecular flexibility index (Phi) is 5.79. The number of nitrogens with two attached hydrogens (primary N) is 1. The molecule has 0 aromatic rings. The Morgan fingerprint density at radius 3 is 2.53 bits per heavy atom. The van der Waals surface area contributed by atoms with Crippen LogP contribution in [0.15, 0.2) is 0 Å². The maximum Gasteiger partial charge on any atom is 0.251 e. The summed E-state index contributed by atoms with van der Waals surface area (Å²) >= 11 is 0. The highest BCUT2D eigenvalue weighted by molar-refractivity contribution is 5.84. The number of carbonyl (C=O) groups excluding carboxylic acids is 1. The highest BCUT2D eigenvalue weighted by Gasteiger charge is 2.30. The topological polar surface area (TPSA) is 84.6 Å². The van der Waals surface area contributed by atoms with Crippen LogP contribution in [0.4, 0.5) is 0 Å². The van der Waals surface area contributed by atoms with Gasteiger partial charge in [0.25, 0.3) is 5.91 Å². The molecule has 0 aromatic carbocycles. The zero-order valence-corrected chi connectivity index (χ0v) is 9.91. The van der Waals surface area contributed by atoms with Crippen molar-refractivity contribution in [1.82, 2.24) is 5.32 Å². The third kappa shape index (κ3) is 4.15. The lowest BCUT2D eigenvalue weighted by atomic mass is 10.0. The number of methoxy groups -OCH3 is 1. The lowest BCUT2D eigenvalue weighted by Crippen LogP contribution is -2.51. The largest absolute Gasteiger partial charge is 0.392 e. The summed E-state index contributed by atoms with van der Waals surface area (Å²) in [7, 11) is 1.50. The number of aliphatic hydroxyl groups is 1. The average Bonchev–Trinajstić information content (AvgIpc) is 2.23. The molecule has 3 unspecified atom stereocenters. The molecule has 90 valence electrons. The second-order valence-corrected chi connectivity index (χ2v) is 3.90. The molecule has 15 heavy (non-hydrogen) atoms. The maximum absolute atomic E-state index is 11.7. The van der Waals surface area contributed by atoms with E-state index in [1.807, 2.05) is 6.92 Å². The monoisotopic (exact) mass is 218 g/mol. The van der Waals surface area contributed by atoms with Crippen LogP contribution in [-0.4, -0.2) is 42.4 Å². The molecule has 0 saturated carbocycles. The predicted octanol–water partition coefficient (Wildman–Crippen LogP) is -0.374. The zero-order valence-electron chi connectivity index (χ0n) is 9.91. The fourth-order valence-corrected chi connectivity index (χ4v) is 0.966.